The molecule has 1 aromatic rings. The standard InChI is InChI=1S/C12H21NO2/c1-11(2,3)13-8-7-12(4,14)10-6-5-9-15-10/h5-6,9,13-14H,7-8H2,1-4H3. The third kappa shape index (κ3) is 4.06. The van der Waals surface area contributed by atoms with Crippen LogP contribution in [0.2, 0.25) is 0 Å². The second-order valence-corrected chi connectivity index (χ2v) is 5.18. The summed E-state index contributed by atoms with van der Waals surface area (Å²) in [5.74, 6) is 0.623. The average Bonchev–Trinajstić information content (AvgIpc) is 2.52. The predicted molar refractivity (Wildman–Crippen MR) is 60.7 cm³/mol. The Bertz CT molecular complexity index is 283. The van der Waals surface area contributed by atoms with Gasteiger partial charge < -0.3 is 14.8 Å². The van der Waals surface area contributed by atoms with Crippen molar-refractivity contribution < 1.29 is 9.52 Å². The van der Waals surface area contributed by atoms with Gasteiger partial charge in [0.25, 0.3) is 0 Å². The van der Waals surface area contributed by atoms with Gasteiger partial charge in [-0.2, -0.15) is 0 Å². The number of rotatable bonds is 4. The van der Waals surface area contributed by atoms with Crippen molar-refractivity contribution in [2.75, 3.05) is 6.54 Å². The summed E-state index contributed by atoms with van der Waals surface area (Å²) in [5, 5.41) is 13.5. The van der Waals surface area contributed by atoms with Crippen molar-refractivity contribution in [3.63, 3.8) is 0 Å². The van der Waals surface area contributed by atoms with Gasteiger partial charge >= 0.3 is 0 Å². The molecule has 0 aliphatic rings. The Morgan fingerprint density at radius 3 is 2.47 bits per heavy atom. The minimum atomic E-state index is -0.887. The zero-order valence-corrected chi connectivity index (χ0v) is 10.0. The van der Waals surface area contributed by atoms with Crippen LogP contribution in [0.3, 0.4) is 0 Å². The van der Waals surface area contributed by atoms with Crippen LogP contribution in [0.25, 0.3) is 0 Å². The first-order chi connectivity index (χ1) is 6.81. The van der Waals surface area contributed by atoms with E-state index in [1.807, 2.05) is 0 Å². The first-order valence-corrected chi connectivity index (χ1v) is 5.33. The second kappa shape index (κ2) is 4.37. The summed E-state index contributed by atoms with van der Waals surface area (Å²) in [6.45, 7) is 8.85. The van der Waals surface area contributed by atoms with E-state index in [1.54, 1.807) is 25.3 Å². The SMILES string of the molecule is CC(C)(C)NCCC(C)(O)c1ccco1. The molecule has 0 aromatic carbocycles. The van der Waals surface area contributed by atoms with Gasteiger partial charge in [0.1, 0.15) is 11.4 Å². The Hall–Kier alpha value is -0.800. The highest BCUT2D eigenvalue weighted by Gasteiger charge is 2.26. The zero-order valence-electron chi connectivity index (χ0n) is 10.0. The second-order valence-electron chi connectivity index (χ2n) is 5.18. The van der Waals surface area contributed by atoms with Crippen LogP contribution in [0.15, 0.2) is 22.8 Å². The van der Waals surface area contributed by atoms with Gasteiger partial charge in [-0.3, -0.25) is 0 Å². The largest absolute Gasteiger partial charge is 0.466 e. The molecule has 86 valence electrons. The van der Waals surface area contributed by atoms with Gasteiger partial charge in [-0.15, -0.1) is 0 Å². The molecule has 0 fully saturated rings. The van der Waals surface area contributed by atoms with E-state index >= 15 is 0 Å². The minimum absolute atomic E-state index is 0.0826. The summed E-state index contributed by atoms with van der Waals surface area (Å²) < 4.78 is 5.20. The highest BCUT2D eigenvalue weighted by molar-refractivity contribution is 5.07. The van der Waals surface area contributed by atoms with E-state index in [2.05, 4.69) is 26.1 Å². The highest BCUT2D eigenvalue weighted by Crippen LogP contribution is 2.24. The fourth-order valence-corrected chi connectivity index (χ4v) is 1.39. The van der Waals surface area contributed by atoms with E-state index in [-0.39, 0.29) is 5.54 Å². The van der Waals surface area contributed by atoms with Crippen LogP contribution in [-0.4, -0.2) is 17.2 Å². The predicted octanol–water partition coefficient (Wildman–Crippen LogP) is 2.27. The van der Waals surface area contributed by atoms with Crippen LogP contribution in [0.5, 0.6) is 0 Å². The molecule has 1 atom stereocenters. The van der Waals surface area contributed by atoms with E-state index < -0.39 is 5.60 Å². The van der Waals surface area contributed by atoms with Crippen molar-refractivity contribution in [1.29, 1.82) is 0 Å². The Labute approximate surface area is 91.5 Å². The van der Waals surface area contributed by atoms with Gasteiger partial charge in [-0.05, 0) is 52.8 Å². The lowest BCUT2D eigenvalue weighted by atomic mass is 9.98. The number of furan rings is 1. The van der Waals surface area contributed by atoms with Crippen LogP contribution in [-0.2, 0) is 5.60 Å². The molecule has 3 nitrogen and oxygen atoms in total. The minimum Gasteiger partial charge on any atom is -0.466 e. The molecule has 15 heavy (non-hydrogen) atoms. The monoisotopic (exact) mass is 211 g/mol. The normalized spacial score (nSPS) is 16.3. The summed E-state index contributed by atoms with van der Waals surface area (Å²) in [6, 6.07) is 3.60. The first kappa shape index (κ1) is 12.3. The molecule has 0 bridgehead atoms. The summed E-state index contributed by atoms with van der Waals surface area (Å²) in [5.41, 5.74) is -0.805. The lowest BCUT2D eigenvalue weighted by molar-refractivity contribution is 0.0243. The average molecular weight is 211 g/mol. The summed E-state index contributed by atoms with van der Waals surface area (Å²) >= 11 is 0. The molecule has 1 heterocycles. The van der Waals surface area contributed by atoms with E-state index in [0.29, 0.717) is 12.2 Å². The molecule has 3 heteroatoms. The van der Waals surface area contributed by atoms with Crippen molar-refractivity contribution in [2.45, 2.75) is 45.3 Å². The topological polar surface area (TPSA) is 45.4 Å². The van der Waals surface area contributed by atoms with Crippen LogP contribution in [0, 0.1) is 0 Å². The van der Waals surface area contributed by atoms with Gasteiger partial charge in [-0.25, -0.2) is 0 Å². The Balaban J connectivity index is 2.44. The van der Waals surface area contributed by atoms with Gasteiger partial charge in [0, 0.05) is 5.54 Å². The highest BCUT2D eigenvalue weighted by atomic mass is 16.4. The molecular formula is C12H21NO2. The Morgan fingerprint density at radius 1 is 1.33 bits per heavy atom. The van der Waals surface area contributed by atoms with E-state index in [4.69, 9.17) is 4.42 Å². The van der Waals surface area contributed by atoms with Crippen LogP contribution >= 0.6 is 0 Å². The van der Waals surface area contributed by atoms with E-state index in [9.17, 15) is 5.11 Å². The van der Waals surface area contributed by atoms with Crippen molar-refractivity contribution in [3.05, 3.63) is 24.2 Å². The van der Waals surface area contributed by atoms with Gasteiger partial charge in [0.05, 0.1) is 6.26 Å². The van der Waals surface area contributed by atoms with Crippen LogP contribution < -0.4 is 5.32 Å². The summed E-state index contributed by atoms with van der Waals surface area (Å²) in [4.78, 5) is 0. The third-order valence-corrected chi connectivity index (χ3v) is 2.32. The molecule has 1 unspecified atom stereocenters. The molecule has 0 spiro atoms. The van der Waals surface area contributed by atoms with E-state index in [0.717, 1.165) is 6.54 Å². The molecule has 1 aromatic heterocycles. The maximum atomic E-state index is 10.1. The van der Waals surface area contributed by atoms with Crippen molar-refractivity contribution >= 4 is 0 Å². The lowest BCUT2D eigenvalue weighted by Gasteiger charge is -2.25. The Kier molecular flexibility index (Phi) is 3.58. The third-order valence-electron chi connectivity index (χ3n) is 2.32. The molecule has 0 amide bonds. The van der Waals surface area contributed by atoms with E-state index in [1.165, 1.54) is 0 Å². The molecule has 2 N–H and O–H groups in total. The Morgan fingerprint density at radius 2 is 2.00 bits per heavy atom. The fourth-order valence-electron chi connectivity index (χ4n) is 1.39. The number of aliphatic hydroxyl groups is 1. The molecule has 0 radical (unpaired) electrons. The maximum Gasteiger partial charge on any atom is 0.135 e. The fraction of sp³-hybridized carbons (Fsp3) is 0.667. The number of nitrogens with one attached hydrogen (secondary N) is 1. The van der Waals surface area contributed by atoms with Crippen LogP contribution in [0.1, 0.15) is 39.9 Å². The maximum absolute atomic E-state index is 10.1. The molecule has 1 rings (SSSR count). The van der Waals surface area contributed by atoms with Crippen molar-refractivity contribution in [2.24, 2.45) is 0 Å². The smallest absolute Gasteiger partial charge is 0.135 e. The quantitative estimate of drug-likeness (QED) is 0.803. The molecule has 0 saturated carbocycles. The van der Waals surface area contributed by atoms with Gasteiger partial charge in [0.2, 0.25) is 0 Å². The van der Waals surface area contributed by atoms with Gasteiger partial charge in [-0.1, -0.05) is 0 Å². The number of hydrogen-bond donors (Lipinski definition) is 2. The molecule has 0 aliphatic heterocycles. The molecule has 0 saturated heterocycles. The van der Waals surface area contributed by atoms with Crippen LogP contribution in [0.4, 0.5) is 0 Å². The summed E-state index contributed by atoms with van der Waals surface area (Å²) in [7, 11) is 0. The van der Waals surface area contributed by atoms with Gasteiger partial charge in [0.15, 0.2) is 0 Å². The van der Waals surface area contributed by atoms with Crippen molar-refractivity contribution in [3.8, 4) is 0 Å². The molecular weight excluding hydrogens is 190 g/mol. The summed E-state index contributed by atoms with van der Waals surface area (Å²) in [6.07, 6.45) is 2.22. The van der Waals surface area contributed by atoms with Crippen molar-refractivity contribution in [1.82, 2.24) is 5.32 Å². The molecule has 0 aliphatic carbocycles. The zero-order chi connectivity index (χ0) is 11.5. The first-order valence-electron chi connectivity index (χ1n) is 5.33. The number of hydrogen-bond acceptors (Lipinski definition) is 3. The lowest BCUT2D eigenvalue weighted by Crippen LogP contribution is -2.39.